The molecule has 0 bridgehead atoms. The second-order valence-corrected chi connectivity index (χ2v) is 6.38. The van der Waals surface area contributed by atoms with E-state index in [1.54, 1.807) is 26.4 Å². The summed E-state index contributed by atoms with van der Waals surface area (Å²) in [6.07, 6.45) is 0. The predicted molar refractivity (Wildman–Crippen MR) is 99.4 cm³/mol. The fraction of sp³-hybridized carbons (Fsp3) is 0.350. The number of methoxy groups -OCH3 is 2. The highest BCUT2D eigenvalue weighted by Crippen LogP contribution is 2.29. The summed E-state index contributed by atoms with van der Waals surface area (Å²) in [6, 6.07) is 9.44. The van der Waals surface area contributed by atoms with Crippen LogP contribution in [0.1, 0.15) is 18.1 Å². The molecule has 0 saturated carbocycles. The number of rotatable bonds is 7. The highest BCUT2D eigenvalue weighted by atomic mass is 19.1. The predicted octanol–water partition coefficient (Wildman–Crippen LogP) is 2.19. The van der Waals surface area contributed by atoms with Crippen molar-refractivity contribution in [1.82, 2.24) is 0 Å². The Labute approximate surface area is 153 Å². The molecule has 2 rings (SSSR count). The largest absolute Gasteiger partial charge is 0.493 e. The molecule has 0 aliphatic rings. The summed E-state index contributed by atoms with van der Waals surface area (Å²) >= 11 is 0. The van der Waals surface area contributed by atoms with Gasteiger partial charge in [-0.05, 0) is 49.7 Å². The summed E-state index contributed by atoms with van der Waals surface area (Å²) in [5.74, 6) is 0.810. The van der Waals surface area contributed by atoms with E-state index >= 15 is 0 Å². The molecule has 0 fully saturated rings. The van der Waals surface area contributed by atoms with Gasteiger partial charge in [0.1, 0.15) is 12.4 Å². The number of quaternary nitrogens is 1. The Hall–Kier alpha value is -2.60. The maximum atomic E-state index is 13.3. The molecule has 2 aromatic rings. The fourth-order valence-electron chi connectivity index (χ4n) is 2.71. The topological polar surface area (TPSA) is 52.0 Å². The van der Waals surface area contributed by atoms with E-state index in [1.807, 2.05) is 33.0 Å². The van der Waals surface area contributed by atoms with E-state index in [4.69, 9.17) is 9.47 Å². The van der Waals surface area contributed by atoms with Crippen molar-refractivity contribution >= 4 is 11.6 Å². The van der Waals surface area contributed by atoms with Gasteiger partial charge in [0.05, 0.1) is 21.3 Å². The van der Waals surface area contributed by atoms with Crippen LogP contribution in [0.4, 0.5) is 10.1 Å². The van der Waals surface area contributed by atoms with Crippen LogP contribution in [0.5, 0.6) is 11.5 Å². The number of hydrogen-bond donors (Lipinski definition) is 2. The first-order valence-electron chi connectivity index (χ1n) is 8.46. The Kier molecular flexibility index (Phi) is 6.58. The van der Waals surface area contributed by atoms with Gasteiger partial charge in [-0.15, -0.1) is 0 Å². The number of halogens is 1. The molecule has 0 radical (unpaired) electrons. The molecule has 0 aliphatic carbocycles. The lowest BCUT2D eigenvalue weighted by atomic mass is 10.1. The molecule has 1 amide bonds. The van der Waals surface area contributed by atoms with Gasteiger partial charge < -0.3 is 19.7 Å². The van der Waals surface area contributed by atoms with Crippen molar-refractivity contribution in [2.24, 2.45) is 0 Å². The van der Waals surface area contributed by atoms with Crippen LogP contribution in [0.2, 0.25) is 0 Å². The molecule has 140 valence electrons. The molecule has 0 saturated heterocycles. The van der Waals surface area contributed by atoms with E-state index in [-0.39, 0.29) is 17.8 Å². The quantitative estimate of drug-likeness (QED) is 0.795. The molecule has 0 spiro atoms. The van der Waals surface area contributed by atoms with Crippen LogP contribution in [-0.4, -0.2) is 33.2 Å². The minimum atomic E-state index is -0.378. The summed E-state index contributed by atoms with van der Waals surface area (Å²) in [7, 11) is 5.15. The molecule has 0 aliphatic heterocycles. The zero-order valence-corrected chi connectivity index (χ0v) is 15.9. The number of amides is 1. The zero-order chi connectivity index (χ0) is 19.3. The smallest absolute Gasteiger partial charge is 0.282 e. The van der Waals surface area contributed by atoms with Crippen molar-refractivity contribution < 1.29 is 23.6 Å². The molecule has 0 aromatic heterocycles. The van der Waals surface area contributed by atoms with E-state index in [0.717, 1.165) is 16.0 Å². The molecule has 2 N–H and O–H groups in total. The first-order valence-corrected chi connectivity index (χ1v) is 8.46. The summed E-state index contributed by atoms with van der Waals surface area (Å²) < 4.78 is 23.9. The lowest BCUT2D eigenvalue weighted by molar-refractivity contribution is -0.907. The summed E-state index contributed by atoms with van der Waals surface area (Å²) in [5.41, 5.74) is 2.60. The lowest BCUT2D eigenvalue weighted by Crippen LogP contribution is -3.12. The minimum Gasteiger partial charge on any atom is -0.493 e. The average Bonchev–Trinajstić information content (AvgIpc) is 2.62. The molecule has 5 nitrogen and oxygen atoms in total. The summed E-state index contributed by atoms with van der Waals surface area (Å²) in [4.78, 5) is 13.5. The maximum absolute atomic E-state index is 13.3. The molecule has 26 heavy (non-hydrogen) atoms. The molecule has 1 unspecified atom stereocenters. The van der Waals surface area contributed by atoms with Crippen LogP contribution in [0.3, 0.4) is 0 Å². The van der Waals surface area contributed by atoms with Gasteiger partial charge >= 0.3 is 0 Å². The second kappa shape index (κ2) is 8.67. The van der Waals surface area contributed by atoms with Gasteiger partial charge in [-0.25, -0.2) is 4.39 Å². The number of hydrogen-bond acceptors (Lipinski definition) is 3. The summed E-state index contributed by atoms with van der Waals surface area (Å²) in [5, 5.41) is 2.76. The number of carbonyl (C=O) groups is 1. The fourth-order valence-corrected chi connectivity index (χ4v) is 2.71. The van der Waals surface area contributed by atoms with Crippen molar-refractivity contribution in [2.75, 3.05) is 26.6 Å². The number of aryl methyl sites for hydroxylation is 1. The third-order valence-electron chi connectivity index (χ3n) is 4.54. The van der Waals surface area contributed by atoms with Gasteiger partial charge in [-0.3, -0.25) is 4.79 Å². The van der Waals surface area contributed by atoms with Crippen LogP contribution in [-0.2, 0) is 11.3 Å². The Morgan fingerprint density at radius 1 is 1.19 bits per heavy atom. The van der Waals surface area contributed by atoms with Gasteiger partial charge in [-0.2, -0.15) is 0 Å². The van der Waals surface area contributed by atoms with E-state index < -0.39 is 0 Å². The number of likely N-dealkylation sites (N-methyl/N-ethyl adjacent to an activating group) is 1. The Morgan fingerprint density at radius 2 is 1.85 bits per heavy atom. The minimum absolute atomic E-state index is 0.161. The van der Waals surface area contributed by atoms with Crippen molar-refractivity contribution in [3.05, 3.63) is 53.3 Å². The Bertz CT molecular complexity index is 780. The van der Waals surface area contributed by atoms with Crippen LogP contribution in [0.15, 0.2) is 36.4 Å². The molecule has 6 heteroatoms. The Balaban J connectivity index is 2.08. The normalized spacial score (nSPS) is 13.0. The molecule has 2 atom stereocenters. The van der Waals surface area contributed by atoms with Crippen molar-refractivity contribution in [3.8, 4) is 11.5 Å². The standard InChI is InChI=1S/C20H25FN2O3/c1-13-9-18(25-4)19(26-5)10-15(13)12-23(3)14(2)20(24)22-17-8-6-7-16(21)11-17/h6-11,14H,12H2,1-5H3,(H,22,24)/p+1/t14-/m0/s1. The van der Waals surface area contributed by atoms with Crippen molar-refractivity contribution in [1.29, 1.82) is 0 Å². The molecular formula is C20H26FN2O3+. The summed E-state index contributed by atoms with van der Waals surface area (Å²) in [6.45, 7) is 4.49. The molecule has 0 heterocycles. The van der Waals surface area contributed by atoms with Gasteiger partial charge in [0, 0.05) is 11.3 Å². The first kappa shape index (κ1) is 19.7. The lowest BCUT2D eigenvalue weighted by Gasteiger charge is -2.22. The third-order valence-corrected chi connectivity index (χ3v) is 4.54. The Morgan fingerprint density at radius 3 is 2.46 bits per heavy atom. The van der Waals surface area contributed by atoms with Crippen LogP contribution >= 0.6 is 0 Å². The van der Waals surface area contributed by atoms with Gasteiger partial charge in [-0.1, -0.05) is 6.07 Å². The number of nitrogens with one attached hydrogen (secondary N) is 2. The highest BCUT2D eigenvalue weighted by molar-refractivity contribution is 5.93. The van der Waals surface area contributed by atoms with E-state index in [0.29, 0.717) is 23.7 Å². The highest BCUT2D eigenvalue weighted by Gasteiger charge is 2.23. The van der Waals surface area contributed by atoms with Gasteiger partial charge in [0.15, 0.2) is 17.5 Å². The van der Waals surface area contributed by atoms with Crippen LogP contribution < -0.4 is 19.7 Å². The van der Waals surface area contributed by atoms with Crippen LogP contribution in [0.25, 0.3) is 0 Å². The van der Waals surface area contributed by atoms with Crippen molar-refractivity contribution in [2.45, 2.75) is 26.4 Å². The van der Waals surface area contributed by atoms with Gasteiger partial charge in [0.25, 0.3) is 5.91 Å². The van der Waals surface area contributed by atoms with Gasteiger partial charge in [0.2, 0.25) is 0 Å². The second-order valence-electron chi connectivity index (χ2n) is 6.38. The third kappa shape index (κ3) is 4.73. The van der Waals surface area contributed by atoms with Crippen LogP contribution in [0, 0.1) is 12.7 Å². The molecule has 2 aromatic carbocycles. The van der Waals surface area contributed by atoms with E-state index in [1.165, 1.54) is 12.1 Å². The average molecular weight is 361 g/mol. The van der Waals surface area contributed by atoms with Crippen molar-refractivity contribution in [3.63, 3.8) is 0 Å². The van der Waals surface area contributed by atoms with E-state index in [2.05, 4.69) is 5.32 Å². The zero-order valence-electron chi connectivity index (χ0n) is 15.9. The maximum Gasteiger partial charge on any atom is 0.282 e. The SMILES string of the molecule is COc1cc(C)c(C[NH+](C)[C@@H](C)C(=O)Nc2cccc(F)c2)cc1OC. The first-order chi connectivity index (χ1) is 12.3. The monoisotopic (exact) mass is 361 g/mol. The molecular weight excluding hydrogens is 335 g/mol. The number of ether oxygens (including phenoxy) is 2. The number of anilines is 1. The number of benzene rings is 2. The van der Waals surface area contributed by atoms with E-state index in [9.17, 15) is 9.18 Å². The number of carbonyl (C=O) groups excluding carboxylic acids is 1.